The Bertz CT molecular complexity index is 1040. The number of carboxylic acid groups (broad SMARTS) is 1. The fourth-order valence-electron chi connectivity index (χ4n) is 4.82. The molecule has 2 aliphatic rings. The second kappa shape index (κ2) is 12.1. The fourth-order valence-corrected chi connectivity index (χ4v) is 5.38. The number of ether oxygens (including phenoxy) is 1. The first-order valence-electron chi connectivity index (χ1n) is 12.2. The van der Waals surface area contributed by atoms with Crippen LogP contribution in [0.4, 0.5) is 5.82 Å². The van der Waals surface area contributed by atoms with E-state index in [1.807, 2.05) is 0 Å². The Hall–Kier alpha value is -2.35. The number of carboxylic acids is 1. The second-order valence-electron chi connectivity index (χ2n) is 9.42. The van der Waals surface area contributed by atoms with Crippen LogP contribution in [0.5, 0.6) is 0 Å². The number of halogens is 2. The lowest BCUT2D eigenvalue weighted by molar-refractivity contribution is -0.140. The maximum atomic E-state index is 12.6. The number of anilines is 1. The van der Waals surface area contributed by atoms with Gasteiger partial charge in [0.2, 0.25) is 0 Å². The quantitative estimate of drug-likeness (QED) is 0.361. The van der Waals surface area contributed by atoms with Crippen LogP contribution in [0.3, 0.4) is 0 Å². The van der Waals surface area contributed by atoms with Crippen molar-refractivity contribution in [2.24, 2.45) is 11.8 Å². The third-order valence-corrected chi connectivity index (χ3v) is 7.35. The molecule has 2 aromatic rings. The maximum absolute atomic E-state index is 12.6. The standard InChI is InChI=1S/C26H31Cl2N3O4/c27-20-6-1-7-21(28)23(20)25(32)31-22(26(33)34)14-16-12-17(13-16)15-35-11-3-5-19-9-8-18-4-2-10-29-24(18)30-19/h1,6-9,16-17,22H,2-5,10-15H2,(H,29,30)(H,31,32)(H,33,34)/t16?,17?,22-/m0/s1. The van der Waals surface area contributed by atoms with Crippen LogP contribution in [0.1, 0.15) is 53.7 Å². The first-order valence-corrected chi connectivity index (χ1v) is 12.9. The Morgan fingerprint density at radius 2 is 1.94 bits per heavy atom. The van der Waals surface area contributed by atoms with E-state index in [4.69, 9.17) is 32.9 Å². The molecule has 1 aliphatic heterocycles. The number of rotatable bonds is 11. The summed E-state index contributed by atoms with van der Waals surface area (Å²) < 4.78 is 5.86. The first kappa shape index (κ1) is 25.7. The highest BCUT2D eigenvalue weighted by Crippen LogP contribution is 2.37. The van der Waals surface area contributed by atoms with Gasteiger partial charge in [0.15, 0.2) is 0 Å². The van der Waals surface area contributed by atoms with Crippen LogP contribution >= 0.6 is 23.2 Å². The van der Waals surface area contributed by atoms with Crippen LogP contribution < -0.4 is 10.6 Å². The summed E-state index contributed by atoms with van der Waals surface area (Å²) in [7, 11) is 0. The molecule has 7 nitrogen and oxygen atoms in total. The van der Waals surface area contributed by atoms with E-state index in [9.17, 15) is 14.7 Å². The van der Waals surface area contributed by atoms with Crippen LogP contribution in [0, 0.1) is 11.8 Å². The van der Waals surface area contributed by atoms with Crippen molar-refractivity contribution in [2.45, 2.75) is 51.0 Å². The van der Waals surface area contributed by atoms with Crippen molar-refractivity contribution < 1.29 is 19.4 Å². The minimum Gasteiger partial charge on any atom is -0.480 e. The molecular formula is C26H31Cl2N3O4. The van der Waals surface area contributed by atoms with Gasteiger partial charge in [0.1, 0.15) is 11.9 Å². The molecule has 1 fully saturated rings. The minimum absolute atomic E-state index is 0.101. The Balaban J connectivity index is 1.14. The molecule has 188 valence electrons. The van der Waals surface area contributed by atoms with Crippen LogP contribution in [0.15, 0.2) is 30.3 Å². The highest BCUT2D eigenvalue weighted by molar-refractivity contribution is 6.39. The van der Waals surface area contributed by atoms with Crippen molar-refractivity contribution in [3.63, 3.8) is 0 Å². The smallest absolute Gasteiger partial charge is 0.326 e. The van der Waals surface area contributed by atoms with Crippen LogP contribution in [0.2, 0.25) is 10.0 Å². The number of amides is 1. The molecule has 1 aliphatic carbocycles. The topological polar surface area (TPSA) is 101 Å². The SMILES string of the molecule is O=C(N[C@@H](CC1CC(COCCCc2ccc3c(n2)NCCC3)C1)C(=O)O)c1c(Cl)cccc1Cl. The number of nitrogens with one attached hydrogen (secondary N) is 2. The number of aromatic nitrogens is 1. The number of fused-ring (bicyclic) bond motifs is 1. The molecule has 0 unspecified atom stereocenters. The van der Waals surface area contributed by atoms with E-state index >= 15 is 0 Å². The summed E-state index contributed by atoms with van der Waals surface area (Å²) in [5.74, 6) is 0.0535. The molecule has 0 bridgehead atoms. The number of pyridine rings is 1. The first-order chi connectivity index (χ1) is 16.9. The van der Waals surface area contributed by atoms with Crippen molar-refractivity contribution in [3.05, 3.63) is 57.2 Å². The Morgan fingerprint density at radius 3 is 2.69 bits per heavy atom. The summed E-state index contributed by atoms with van der Waals surface area (Å²) in [5, 5.41) is 15.9. The van der Waals surface area contributed by atoms with Crippen molar-refractivity contribution in [3.8, 4) is 0 Å². The van der Waals surface area contributed by atoms with Crippen molar-refractivity contribution in [2.75, 3.05) is 25.1 Å². The third-order valence-electron chi connectivity index (χ3n) is 6.72. The molecule has 35 heavy (non-hydrogen) atoms. The zero-order chi connectivity index (χ0) is 24.8. The molecule has 2 heterocycles. The number of carbonyl (C=O) groups excluding carboxylic acids is 1. The summed E-state index contributed by atoms with van der Waals surface area (Å²) in [4.78, 5) is 29.0. The second-order valence-corrected chi connectivity index (χ2v) is 10.2. The van der Waals surface area contributed by atoms with Gasteiger partial charge in [0.25, 0.3) is 5.91 Å². The predicted octanol–water partition coefficient (Wildman–Crippen LogP) is 5.00. The van der Waals surface area contributed by atoms with Gasteiger partial charge in [0, 0.05) is 25.5 Å². The van der Waals surface area contributed by atoms with E-state index in [0.717, 1.165) is 56.6 Å². The molecular weight excluding hydrogens is 489 g/mol. The van der Waals surface area contributed by atoms with Gasteiger partial charge in [-0.25, -0.2) is 9.78 Å². The van der Waals surface area contributed by atoms with Crippen LogP contribution in [-0.4, -0.2) is 47.8 Å². The molecule has 3 N–H and O–H groups in total. The normalized spacial score (nSPS) is 19.7. The average Bonchev–Trinajstić information content (AvgIpc) is 2.81. The number of hydrogen-bond donors (Lipinski definition) is 3. The fraction of sp³-hybridized carbons (Fsp3) is 0.500. The molecule has 1 amide bonds. The molecule has 0 spiro atoms. The largest absolute Gasteiger partial charge is 0.480 e. The Kier molecular flexibility index (Phi) is 8.87. The zero-order valence-electron chi connectivity index (χ0n) is 19.6. The van der Waals surface area contributed by atoms with Crippen molar-refractivity contribution in [1.29, 1.82) is 0 Å². The van der Waals surface area contributed by atoms with Gasteiger partial charge in [-0.1, -0.05) is 35.3 Å². The Labute approximate surface area is 215 Å². The summed E-state index contributed by atoms with van der Waals surface area (Å²) in [6.07, 6.45) is 6.22. The molecule has 0 radical (unpaired) electrons. The van der Waals surface area contributed by atoms with Crippen molar-refractivity contribution in [1.82, 2.24) is 10.3 Å². The molecule has 1 aromatic carbocycles. The predicted molar refractivity (Wildman–Crippen MR) is 136 cm³/mol. The van der Waals surface area contributed by atoms with E-state index in [2.05, 4.69) is 22.8 Å². The highest BCUT2D eigenvalue weighted by atomic mass is 35.5. The highest BCUT2D eigenvalue weighted by Gasteiger charge is 2.34. The average molecular weight is 520 g/mol. The minimum atomic E-state index is -1.06. The summed E-state index contributed by atoms with van der Waals surface area (Å²) in [5.41, 5.74) is 2.49. The molecule has 0 saturated heterocycles. The monoisotopic (exact) mass is 519 g/mol. The number of aliphatic carboxylic acids is 1. The van der Waals surface area contributed by atoms with E-state index in [1.54, 1.807) is 18.2 Å². The molecule has 1 atom stereocenters. The zero-order valence-corrected chi connectivity index (χ0v) is 21.1. The lowest BCUT2D eigenvalue weighted by Crippen LogP contribution is -2.44. The van der Waals surface area contributed by atoms with Gasteiger partial charge in [-0.15, -0.1) is 0 Å². The lowest BCUT2D eigenvalue weighted by Gasteiger charge is -2.36. The van der Waals surface area contributed by atoms with Gasteiger partial charge in [-0.3, -0.25) is 4.79 Å². The van der Waals surface area contributed by atoms with Gasteiger partial charge < -0.3 is 20.5 Å². The molecule has 1 saturated carbocycles. The molecule has 9 heteroatoms. The maximum Gasteiger partial charge on any atom is 0.326 e. The number of benzene rings is 1. The van der Waals surface area contributed by atoms with E-state index < -0.39 is 17.9 Å². The van der Waals surface area contributed by atoms with E-state index in [0.29, 0.717) is 25.6 Å². The lowest BCUT2D eigenvalue weighted by atomic mass is 9.72. The number of nitrogens with zero attached hydrogens (tertiary/aromatic N) is 1. The van der Waals surface area contributed by atoms with Crippen molar-refractivity contribution >= 4 is 40.9 Å². The van der Waals surface area contributed by atoms with Gasteiger partial charge >= 0.3 is 5.97 Å². The Morgan fingerprint density at radius 1 is 1.17 bits per heavy atom. The summed E-state index contributed by atoms with van der Waals surface area (Å²) in [6, 6.07) is 8.04. The van der Waals surface area contributed by atoms with E-state index in [1.165, 1.54) is 5.56 Å². The van der Waals surface area contributed by atoms with E-state index in [-0.39, 0.29) is 21.5 Å². The van der Waals surface area contributed by atoms with Gasteiger partial charge in [-0.2, -0.15) is 0 Å². The third kappa shape index (κ3) is 6.87. The van der Waals surface area contributed by atoms with Crippen LogP contribution in [0.25, 0.3) is 0 Å². The molecule has 1 aromatic heterocycles. The van der Waals surface area contributed by atoms with Gasteiger partial charge in [0.05, 0.1) is 15.6 Å². The number of hydrogen-bond acceptors (Lipinski definition) is 5. The van der Waals surface area contributed by atoms with Crippen LogP contribution in [-0.2, 0) is 22.4 Å². The molecule has 4 rings (SSSR count). The summed E-state index contributed by atoms with van der Waals surface area (Å²) in [6.45, 7) is 2.35. The van der Waals surface area contributed by atoms with Gasteiger partial charge in [-0.05, 0) is 80.5 Å². The summed E-state index contributed by atoms with van der Waals surface area (Å²) >= 11 is 12.1. The number of carbonyl (C=O) groups is 2. The number of aryl methyl sites for hydroxylation is 2.